The molecule has 7 nitrogen and oxygen atoms in total. The number of hydrogen-bond donors (Lipinski definition) is 0. The summed E-state index contributed by atoms with van der Waals surface area (Å²) in [5, 5.41) is 0. The molecule has 2 aliphatic rings. The number of hydrogen-bond acceptors (Lipinski definition) is 7. The first-order valence-corrected chi connectivity index (χ1v) is 12.6. The number of piperazine rings is 1. The zero-order chi connectivity index (χ0) is 19.7. The summed E-state index contributed by atoms with van der Waals surface area (Å²) >= 11 is 4.60. The van der Waals surface area contributed by atoms with Crippen LogP contribution >= 0.6 is 27.3 Å². The van der Waals surface area contributed by atoms with E-state index >= 15 is 0 Å². The molecule has 152 valence electrons. The van der Waals surface area contributed by atoms with Gasteiger partial charge in [0.2, 0.25) is 0 Å². The van der Waals surface area contributed by atoms with Gasteiger partial charge in [0.05, 0.1) is 3.79 Å². The van der Waals surface area contributed by atoms with Gasteiger partial charge in [-0.25, -0.2) is 18.4 Å². The van der Waals surface area contributed by atoms with Crippen LogP contribution in [0.1, 0.15) is 25.1 Å². The fourth-order valence-corrected chi connectivity index (χ4v) is 7.29. The number of anilines is 2. The van der Waals surface area contributed by atoms with Crippen LogP contribution in [-0.4, -0.2) is 62.0 Å². The predicted octanol–water partition coefficient (Wildman–Crippen LogP) is 3.11. The van der Waals surface area contributed by atoms with Gasteiger partial charge in [-0.1, -0.05) is 0 Å². The van der Waals surface area contributed by atoms with Crippen molar-refractivity contribution in [2.75, 3.05) is 49.1 Å². The molecule has 2 aromatic rings. The van der Waals surface area contributed by atoms with Gasteiger partial charge >= 0.3 is 0 Å². The summed E-state index contributed by atoms with van der Waals surface area (Å²) in [6.07, 6.45) is 3.69. The molecule has 0 N–H and O–H groups in total. The van der Waals surface area contributed by atoms with Crippen molar-refractivity contribution in [3.8, 4) is 0 Å². The molecule has 2 fully saturated rings. The van der Waals surface area contributed by atoms with Gasteiger partial charge in [0.15, 0.2) is 0 Å². The number of sulfonamides is 1. The largest absolute Gasteiger partial charge is 0.356 e. The molecule has 10 heteroatoms. The average molecular weight is 486 g/mol. The van der Waals surface area contributed by atoms with E-state index in [1.165, 1.54) is 30.6 Å². The van der Waals surface area contributed by atoms with Gasteiger partial charge in [0.25, 0.3) is 10.0 Å². The summed E-state index contributed by atoms with van der Waals surface area (Å²) in [6, 6.07) is 5.49. The molecule has 0 saturated carbocycles. The smallest absolute Gasteiger partial charge is 0.252 e. The number of rotatable bonds is 4. The number of aromatic nitrogens is 2. The van der Waals surface area contributed by atoms with Crippen LogP contribution in [0.5, 0.6) is 0 Å². The summed E-state index contributed by atoms with van der Waals surface area (Å²) in [4.78, 5) is 13.7. The maximum atomic E-state index is 12.8. The molecule has 4 heterocycles. The van der Waals surface area contributed by atoms with Crippen molar-refractivity contribution in [1.82, 2.24) is 14.3 Å². The van der Waals surface area contributed by atoms with E-state index in [1.54, 1.807) is 16.4 Å². The fraction of sp³-hybridized carbons (Fsp3) is 0.556. The second-order valence-corrected chi connectivity index (χ2v) is 11.8. The number of aryl methyl sites for hydroxylation is 1. The Morgan fingerprint density at radius 3 is 2.11 bits per heavy atom. The molecule has 2 saturated heterocycles. The molecular weight excluding hydrogens is 462 g/mol. The number of piperidine rings is 1. The molecule has 0 atom stereocenters. The van der Waals surface area contributed by atoms with Crippen LogP contribution in [0.15, 0.2) is 26.2 Å². The summed E-state index contributed by atoms with van der Waals surface area (Å²) < 4.78 is 28.4. The minimum Gasteiger partial charge on any atom is -0.356 e. The molecule has 28 heavy (non-hydrogen) atoms. The normalized spacial score (nSPS) is 19.2. The summed E-state index contributed by atoms with van der Waals surface area (Å²) in [6.45, 7) is 6.17. The molecule has 0 radical (unpaired) electrons. The highest BCUT2D eigenvalue weighted by atomic mass is 79.9. The van der Waals surface area contributed by atoms with Crippen LogP contribution in [0.4, 0.5) is 11.6 Å². The SMILES string of the molecule is Cc1nc(N2CCCCC2)cc(N2CCN(S(=O)(=O)c3ccc(Br)s3)CC2)n1. The van der Waals surface area contributed by atoms with Crippen molar-refractivity contribution in [2.24, 2.45) is 0 Å². The van der Waals surface area contributed by atoms with E-state index in [0.717, 1.165) is 34.3 Å². The third-order valence-electron chi connectivity index (χ3n) is 5.20. The van der Waals surface area contributed by atoms with Crippen molar-refractivity contribution in [3.63, 3.8) is 0 Å². The lowest BCUT2D eigenvalue weighted by Crippen LogP contribution is -2.48. The molecule has 2 aromatic heterocycles. The molecule has 0 unspecified atom stereocenters. The third kappa shape index (κ3) is 4.19. The van der Waals surface area contributed by atoms with E-state index in [-0.39, 0.29) is 0 Å². The first kappa shape index (κ1) is 20.1. The Balaban J connectivity index is 1.47. The van der Waals surface area contributed by atoms with Crippen molar-refractivity contribution in [2.45, 2.75) is 30.4 Å². The highest BCUT2D eigenvalue weighted by Gasteiger charge is 2.30. The van der Waals surface area contributed by atoms with Gasteiger partial charge in [-0.3, -0.25) is 0 Å². The van der Waals surface area contributed by atoms with Crippen molar-refractivity contribution in [1.29, 1.82) is 0 Å². The maximum Gasteiger partial charge on any atom is 0.252 e. The van der Waals surface area contributed by atoms with Crippen LogP contribution < -0.4 is 9.80 Å². The molecule has 0 aromatic carbocycles. The van der Waals surface area contributed by atoms with E-state index in [2.05, 4.69) is 41.8 Å². The van der Waals surface area contributed by atoms with Crippen molar-refractivity contribution in [3.05, 3.63) is 27.8 Å². The van der Waals surface area contributed by atoms with E-state index in [4.69, 9.17) is 0 Å². The van der Waals surface area contributed by atoms with Crippen LogP contribution in [-0.2, 0) is 10.0 Å². The van der Waals surface area contributed by atoms with Gasteiger partial charge in [0, 0.05) is 45.3 Å². The Kier molecular flexibility index (Phi) is 5.91. The highest BCUT2D eigenvalue weighted by Crippen LogP contribution is 2.30. The lowest BCUT2D eigenvalue weighted by molar-refractivity contribution is 0.384. The Labute approximate surface area is 178 Å². The third-order valence-corrected chi connectivity index (χ3v) is 9.19. The van der Waals surface area contributed by atoms with Gasteiger partial charge in [-0.2, -0.15) is 4.31 Å². The lowest BCUT2D eigenvalue weighted by atomic mass is 10.1. The summed E-state index contributed by atoms with van der Waals surface area (Å²) in [7, 11) is -3.43. The number of thiophene rings is 1. The molecule has 0 aliphatic carbocycles. The summed E-state index contributed by atoms with van der Waals surface area (Å²) in [5.41, 5.74) is 0. The topological polar surface area (TPSA) is 69.6 Å². The standard InChI is InChI=1S/C18H24BrN5O2S2/c1-14-20-16(22-7-3-2-4-8-22)13-17(21-14)23-9-11-24(12-10-23)28(25,26)18-6-5-15(19)27-18/h5-6,13H,2-4,7-12H2,1H3. The zero-order valence-corrected chi connectivity index (χ0v) is 19.1. The first-order chi connectivity index (χ1) is 13.4. The fourth-order valence-electron chi connectivity index (χ4n) is 3.70. The monoisotopic (exact) mass is 485 g/mol. The van der Waals surface area contributed by atoms with Gasteiger partial charge in [-0.15, -0.1) is 11.3 Å². The van der Waals surface area contributed by atoms with Crippen molar-refractivity contribution >= 4 is 48.9 Å². The molecule has 0 amide bonds. The number of nitrogens with zero attached hydrogens (tertiary/aromatic N) is 5. The highest BCUT2D eigenvalue weighted by molar-refractivity contribution is 9.11. The minimum absolute atomic E-state index is 0.387. The lowest BCUT2D eigenvalue weighted by Gasteiger charge is -2.35. The molecule has 4 rings (SSSR count). The minimum atomic E-state index is -3.43. The molecule has 0 bridgehead atoms. The Morgan fingerprint density at radius 1 is 0.929 bits per heavy atom. The van der Waals surface area contributed by atoms with Gasteiger partial charge < -0.3 is 9.80 Å². The van der Waals surface area contributed by atoms with Crippen LogP contribution in [0.2, 0.25) is 0 Å². The van der Waals surface area contributed by atoms with Crippen LogP contribution in [0.3, 0.4) is 0 Å². The van der Waals surface area contributed by atoms with Crippen molar-refractivity contribution < 1.29 is 8.42 Å². The summed E-state index contributed by atoms with van der Waals surface area (Å²) in [5.74, 6) is 2.64. The molecule has 0 spiro atoms. The second kappa shape index (κ2) is 8.25. The predicted molar refractivity (Wildman–Crippen MR) is 116 cm³/mol. The Bertz CT molecular complexity index is 935. The molecular formula is C18H24BrN5O2S2. The van der Waals surface area contributed by atoms with E-state index in [0.29, 0.717) is 30.4 Å². The van der Waals surface area contributed by atoms with E-state index < -0.39 is 10.0 Å². The Hall–Kier alpha value is -1.23. The second-order valence-electron chi connectivity index (χ2n) is 7.13. The van der Waals surface area contributed by atoms with Crippen LogP contribution in [0.25, 0.3) is 0 Å². The van der Waals surface area contributed by atoms with Crippen LogP contribution in [0, 0.1) is 6.92 Å². The molecule has 2 aliphatic heterocycles. The quantitative estimate of drug-likeness (QED) is 0.662. The van der Waals surface area contributed by atoms with E-state index in [9.17, 15) is 8.42 Å². The number of halogens is 1. The van der Waals surface area contributed by atoms with Gasteiger partial charge in [0.1, 0.15) is 21.7 Å². The van der Waals surface area contributed by atoms with Gasteiger partial charge in [-0.05, 0) is 54.2 Å². The first-order valence-electron chi connectivity index (χ1n) is 9.54. The van der Waals surface area contributed by atoms with E-state index in [1.807, 2.05) is 6.92 Å². The maximum absolute atomic E-state index is 12.8. The Morgan fingerprint density at radius 2 is 1.54 bits per heavy atom. The average Bonchev–Trinajstić information content (AvgIpc) is 3.15. The zero-order valence-electron chi connectivity index (χ0n) is 15.8.